The molecule has 0 spiro atoms. The molecule has 0 radical (unpaired) electrons. The highest BCUT2D eigenvalue weighted by molar-refractivity contribution is 8.18. The van der Waals surface area contributed by atoms with Crippen molar-refractivity contribution in [1.29, 1.82) is 0 Å². The van der Waals surface area contributed by atoms with Gasteiger partial charge < -0.3 is 4.57 Å². The summed E-state index contributed by atoms with van der Waals surface area (Å²) in [5, 5.41) is 0.881. The lowest BCUT2D eigenvalue weighted by atomic mass is 10.1. The molecule has 1 aliphatic heterocycles. The lowest BCUT2D eigenvalue weighted by molar-refractivity contribution is -0.122. The van der Waals surface area contributed by atoms with E-state index >= 15 is 0 Å². The minimum absolute atomic E-state index is 0.198. The summed E-state index contributed by atoms with van der Waals surface area (Å²) in [6.45, 7) is 8.75. The van der Waals surface area contributed by atoms with E-state index in [1.54, 1.807) is 6.92 Å². The summed E-state index contributed by atoms with van der Waals surface area (Å²) in [5.74, 6) is -0.206. The Labute approximate surface area is 139 Å². The Morgan fingerprint density at radius 3 is 2.65 bits per heavy atom. The minimum atomic E-state index is -0.206. The van der Waals surface area contributed by atoms with Crippen molar-refractivity contribution in [3.63, 3.8) is 0 Å². The quantitative estimate of drug-likeness (QED) is 0.625. The maximum absolute atomic E-state index is 12.3. The molecular formula is C18H18N2O2S. The molecule has 3 rings (SSSR count). The number of carbonyl (C=O) groups is 2. The third kappa shape index (κ3) is 2.51. The first-order valence-electron chi connectivity index (χ1n) is 7.52. The average Bonchev–Trinajstić information content (AvgIpc) is 2.96. The van der Waals surface area contributed by atoms with Gasteiger partial charge in [0.25, 0.3) is 11.1 Å². The standard InChI is InChI=1S/C18H18N2O2S/c1-4-10-20-12(3)14(13-8-6-7-9-15(13)20)11-16-17(21)19(5-2)18(22)23-16/h4,6-9,11H,1,5,10H2,2-3H3. The van der Waals surface area contributed by atoms with Crippen LogP contribution in [0.1, 0.15) is 18.2 Å². The lowest BCUT2D eigenvalue weighted by Crippen LogP contribution is -2.27. The van der Waals surface area contributed by atoms with Crippen LogP contribution >= 0.6 is 11.8 Å². The van der Waals surface area contributed by atoms with Crippen molar-refractivity contribution in [3.8, 4) is 0 Å². The number of amides is 2. The van der Waals surface area contributed by atoms with E-state index in [0.717, 1.165) is 33.9 Å². The largest absolute Gasteiger partial charge is 0.340 e. The fraction of sp³-hybridized carbons (Fsp3) is 0.222. The number of hydrogen-bond donors (Lipinski definition) is 0. The molecule has 0 atom stereocenters. The van der Waals surface area contributed by atoms with E-state index in [1.165, 1.54) is 4.90 Å². The Hall–Kier alpha value is -2.27. The Kier molecular flexibility index (Phi) is 4.13. The molecule has 2 aromatic rings. The normalized spacial score (nSPS) is 16.8. The van der Waals surface area contributed by atoms with E-state index in [4.69, 9.17) is 0 Å². The van der Waals surface area contributed by atoms with Gasteiger partial charge in [0.05, 0.1) is 4.91 Å². The molecule has 0 N–H and O–H groups in total. The summed E-state index contributed by atoms with van der Waals surface area (Å²) < 4.78 is 2.16. The summed E-state index contributed by atoms with van der Waals surface area (Å²) in [5.41, 5.74) is 3.16. The molecule has 5 heteroatoms. The van der Waals surface area contributed by atoms with Crippen molar-refractivity contribution in [3.05, 3.63) is 53.1 Å². The molecule has 2 heterocycles. The van der Waals surface area contributed by atoms with Crippen molar-refractivity contribution in [2.24, 2.45) is 0 Å². The summed E-state index contributed by atoms with van der Waals surface area (Å²) in [6, 6.07) is 8.07. The molecule has 0 unspecified atom stereocenters. The first-order valence-corrected chi connectivity index (χ1v) is 8.34. The van der Waals surface area contributed by atoms with Gasteiger partial charge in [0.15, 0.2) is 0 Å². The second-order valence-corrected chi connectivity index (χ2v) is 6.33. The molecule has 1 aromatic heterocycles. The van der Waals surface area contributed by atoms with Crippen LogP contribution in [0.3, 0.4) is 0 Å². The number of imide groups is 1. The number of nitrogens with zero attached hydrogens (tertiary/aromatic N) is 2. The average molecular weight is 326 g/mol. The van der Waals surface area contributed by atoms with E-state index in [2.05, 4.69) is 17.2 Å². The number of rotatable bonds is 4. The van der Waals surface area contributed by atoms with Crippen molar-refractivity contribution in [2.45, 2.75) is 20.4 Å². The van der Waals surface area contributed by atoms with E-state index in [9.17, 15) is 9.59 Å². The van der Waals surface area contributed by atoms with Gasteiger partial charge in [-0.25, -0.2) is 0 Å². The maximum Gasteiger partial charge on any atom is 0.293 e. The summed E-state index contributed by atoms with van der Waals surface area (Å²) >= 11 is 1.01. The molecular weight excluding hydrogens is 308 g/mol. The number of benzene rings is 1. The molecule has 1 fully saturated rings. The number of carbonyl (C=O) groups excluding carboxylic acids is 2. The zero-order chi connectivity index (χ0) is 16.6. The first kappa shape index (κ1) is 15.6. The molecule has 118 valence electrons. The number of hydrogen-bond acceptors (Lipinski definition) is 3. The van der Waals surface area contributed by atoms with Crippen molar-refractivity contribution >= 4 is 39.9 Å². The van der Waals surface area contributed by atoms with Gasteiger partial charge in [-0.05, 0) is 37.8 Å². The first-order chi connectivity index (χ1) is 11.1. The number of para-hydroxylation sites is 1. The number of thioether (sulfide) groups is 1. The van der Waals surface area contributed by atoms with Gasteiger partial charge in [0.2, 0.25) is 0 Å². The molecule has 0 saturated carbocycles. The van der Waals surface area contributed by atoms with Gasteiger partial charge in [-0.15, -0.1) is 6.58 Å². The summed E-state index contributed by atoms with van der Waals surface area (Å²) in [6.07, 6.45) is 3.70. The van der Waals surface area contributed by atoms with Gasteiger partial charge in [-0.3, -0.25) is 14.5 Å². The SMILES string of the molecule is C=CCn1c(C)c(C=C2SC(=O)N(CC)C2=O)c2ccccc21. The lowest BCUT2D eigenvalue weighted by Gasteiger charge is -2.07. The van der Waals surface area contributed by atoms with Crippen LogP contribution < -0.4 is 0 Å². The van der Waals surface area contributed by atoms with Gasteiger partial charge in [0, 0.05) is 35.2 Å². The van der Waals surface area contributed by atoms with E-state index in [0.29, 0.717) is 18.0 Å². The Morgan fingerprint density at radius 2 is 2.00 bits per heavy atom. The molecule has 0 bridgehead atoms. The van der Waals surface area contributed by atoms with E-state index < -0.39 is 0 Å². The highest BCUT2D eigenvalue weighted by Gasteiger charge is 2.34. The van der Waals surface area contributed by atoms with Crippen LogP contribution in [0.4, 0.5) is 4.79 Å². The molecule has 4 nitrogen and oxygen atoms in total. The molecule has 1 aliphatic rings. The van der Waals surface area contributed by atoms with Crippen LogP contribution in [-0.4, -0.2) is 27.2 Å². The topological polar surface area (TPSA) is 42.3 Å². The Bertz CT molecular complexity index is 848. The zero-order valence-corrected chi connectivity index (χ0v) is 14.0. The summed E-state index contributed by atoms with van der Waals surface area (Å²) in [7, 11) is 0. The maximum atomic E-state index is 12.3. The molecule has 1 aromatic carbocycles. The zero-order valence-electron chi connectivity index (χ0n) is 13.2. The van der Waals surface area contributed by atoms with Crippen LogP contribution in [0.15, 0.2) is 41.8 Å². The van der Waals surface area contributed by atoms with Crippen molar-refractivity contribution in [2.75, 3.05) is 6.54 Å². The van der Waals surface area contributed by atoms with Gasteiger partial charge >= 0.3 is 0 Å². The van der Waals surface area contributed by atoms with Gasteiger partial charge in [0.1, 0.15) is 0 Å². The van der Waals surface area contributed by atoms with Crippen molar-refractivity contribution in [1.82, 2.24) is 9.47 Å². The third-order valence-electron chi connectivity index (χ3n) is 4.06. The minimum Gasteiger partial charge on any atom is -0.340 e. The number of allylic oxidation sites excluding steroid dienone is 1. The molecule has 23 heavy (non-hydrogen) atoms. The summed E-state index contributed by atoms with van der Waals surface area (Å²) in [4.78, 5) is 26.0. The fourth-order valence-corrected chi connectivity index (χ4v) is 3.79. The predicted molar refractivity (Wildman–Crippen MR) is 95.2 cm³/mol. The van der Waals surface area contributed by atoms with E-state index in [-0.39, 0.29) is 11.1 Å². The molecule has 1 saturated heterocycles. The predicted octanol–water partition coefficient (Wildman–Crippen LogP) is 4.19. The molecule has 0 aliphatic carbocycles. The second-order valence-electron chi connectivity index (χ2n) is 5.34. The van der Waals surface area contributed by atoms with Crippen LogP contribution in [0.2, 0.25) is 0 Å². The van der Waals surface area contributed by atoms with Gasteiger partial charge in [-0.1, -0.05) is 24.3 Å². The number of likely N-dealkylation sites (N-methyl/N-ethyl adjacent to an activating group) is 1. The van der Waals surface area contributed by atoms with Crippen molar-refractivity contribution < 1.29 is 9.59 Å². The number of fused-ring (bicyclic) bond motifs is 1. The smallest absolute Gasteiger partial charge is 0.293 e. The Balaban J connectivity index is 2.16. The number of aromatic nitrogens is 1. The van der Waals surface area contributed by atoms with Gasteiger partial charge in [-0.2, -0.15) is 0 Å². The Morgan fingerprint density at radius 1 is 1.26 bits per heavy atom. The van der Waals surface area contributed by atoms with E-state index in [1.807, 2.05) is 37.3 Å². The van der Waals surface area contributed by atoms with Crippen LogP contribution in [-0.2, 0) is 11.3 Å². The monoisotopic (exact) mass is 326 g/mol. The molecule has 2 amide bonds. The highest BCUT2D eigenvalue weighted by Crippen LogP contribution is 2.35. The van der Waals surface area contributed by atoms with Crippen LogP contribution in [0, 0.1) is 6.92 Å². The second kappa shape index (κ2) is 6.08. The fourth-order valence-electron chi connectivity index (χ4n) is 2.91. The third-order valence-corrected chi connectivity index (χ3v) is 4.96. The van der Waals surface area contributed by atoms with Crippen LogP contribution in [0.25, 0.3) is 17.0 Å². The highest BCUT2D eigenvalue weighted by atomic mass is 32.2. The van der Waals surface area contributed by atoms with Crippen LogP contribution in [0.5, 0.6) is 0 Å².